The van der Waals surface area contributed by atoms with E-state index in [0.717, 1.165) is 24.4 Å². The topological polar surface area (TPSA) is 91.4 Å². The quantitative estimate of drug-likeness (QED) is 0.631. The monoisotopic (exact) mass is 471 g/mol. The zero-order valence-corrected chi connectivity index (χ0v) is 18.6. The molecular weight excluding hydrogens is 449 g/mol. The number of hydrogen-bond acceptors (Lipinski definition) is 5. The van der Waals surface area contributed by atoms with Gasteiger partial charge in [0.05, 0.1) is 10.5 Å². The maximum absolute atomic E-state index is 13.2. The third-order valence-electron chi connectivity index (χ3n) is 6.57. The van der Waals surface area contributed by atoms with Crippen molar-refractivity contribution in [1.29, 1.82) is 0 Å². The summed E-state index contributed by atoms with van der Waals surface area (Å²) in [5.74, 6) is 0.430. The largest absolute Gasteiger partial charge is 0.482 e. The van der Waals surface area contributed by atoms with E-state index in [-0.39, 0.29) is 29.2 Å². The first kappa shape index (κ1) is 21.6. The van der Waals surface area contributed by atoms with Crippen LogP contribution in [0.4, 0.5) is 4.39 Å². The number of nitrogens with one attached hydrogen (secondary N) is 1. The predicted molar refractivity (Wildman–Crippen MR) is 119 cm³/mol. The lowest BCUT2D eigenvalue weighted by molar-refractivity contribution is -0.133. The van der Waals surface area contributed by atoms with Crippen LogP contribution < -0.4 is 4.74 Å². The number of aromatic amines is 1. The molecular formula is C23H23ClFN5O3. The van der Waals surface area contributed by atoms with Gasteiger partial charge in [-0.1, -0.05) is 16.8 Å². The zero-order chi connectivity index (χ0) is 22.9. The van der Waals surface area contributed by atoms with E-state index in [4.69, 9.17) is 16.3 Å². The third-order valence-corrected chi connectivity index (χ3v) is 6.87. The summed E-state index contributed by atoms with van der Waals surface area (Å²) < 4.78 is 18.7. The van der Waals surface area contributed by atoms with Crippen LogP contribution in [0.25, 0.3) is 11.0 Å². The van der Waals surface area contributed by atoms with E-state index in [2.05, 4.69) is 15.4 Å². The molecule has 5 rings (SSSR count). The van der Waals surface area contributed by atoms with Gasteiger partial charge in [-0.2, -0.15) is 0 Å². The van der Waals surface area contributed by atoms with E-state index < -0.39 is 5.82 Å². The molecule has 0 spiro atoms. The maximum Gasteiger partial charge on any atom is 0.260 e. The molecule has 10 heteroatoms. The number of H-pyrrole nitrogens is 1. The van der Waals surface area contributed by atoms with E-state index >= 15 is 0 Å². The summed E-state index contributed by atoms with van der Waals surface area (Å²) in [6.45, 7) is 2.46. The predicted octanol–water partition coefficient (Wildman–Crippen LogP) is 3.14. The lowest BCUT2D eigenvalue weighted by Gasteiger charge is -2.22. The molecule has 0 radical (unpaired) electrons. The molecule has 3 aromatic rings. The Bertz CT molecular complexity index is 1190. The van der Waals surface area contributed by atoms with Gasteiger partial charge in [0.15, 0.2) is 6.61 Å². The van der Waals surface area contributed by atoms with Crippen LogP contribution in [0, 0.1) is 17.7 Å². The SMILES string of the molecule is O=C(COc1ccc(F)cc1Cl)N1CC[C@@H]2CN(C(=O)c3ccc4[nH]nnc4c3)C[C@@H]2CC1. The number of benzene rings is 2. The van der Waals surface area contributed by atoms with Crippen LogP contribution in [0.2, 0.25) is 5.02 Å². The lowest BCUT2D eigenvalue weighted by Crippen LogP contribution is -2.37. The van der Waals surface area contributed by atoms with E-state index in [1.807, 2.05) is 11.0 Å². The summed E-state index contributed by atoms with van der Waals surface area (Å²) in [6, 6.07) is 9.21. The molecule has 1 aromatic heterocycles. The Morgan fingerprint density at radius 3 is 2.58 bits per heavy atom. The average Bonchev–Trinajstić information content (AvgIpc) is 3.39. The first-order valence-corrected chi connectivity index (χ1v) is 11.3. The number of rotatable bonds is 4. The number of ether oxygens (including phenoxy) is 1. The van der Waals surface area contributed by atoms with Gasteiger partial charge in [-0.25, -0.2) is 4.39 Å². The molecule has 2 aliphatic heterocycles. The molecule has 8 nitrogen and oxygen atoms in total. The van der Waals surface area contributed by atoms with Crippen LogP contribution in [-0.2, 0) is 4.79 Å². The fourth-order valence-corrected chi connectivity index (χ4v) is 4.97. The summed E-state index contributed by atoms with van der Waals surface area (Å²) in [6.07, 6.45) is 1.67. The van der Waals surface area contributed by atoms with Gasteiger partial charge >= 0.3 is 0 Å². The van der Waals surface area contributed by atoms with Crippen LogP contribution >= 0.6 is 11.6 Å². The van der Waals surface area contributed by atoms with E-state index in [9.17, 15) is 14.0 Å². The number of likely N-dealkylation sites (tertiary alicyclic amines) is 2. The third kappa shape index (κ3) is 4.50. The van der Waals surface area contributed by atoms with Gasteiger partial charge in [0.25, 0.3) is 11.8 Å². The number of amides is 2. The smallest absolute Gasteiger partial charge is 0.260 e. The van der Waals surface area contributed by atoms with Gasteiger partial charge in [0.1, 0.15) is 17.1 Å². The van der Waals surface area contributed by atoms with E-state index in [0.29, 0.717) is 49.1 Å². The Kier molecular flexibility index (Phi) is 5.88. The summed E-state index contributed by atoms with van der Waals surface area (Å²) in [4.78, 5) is 29.4. The molecule has 33 heavy (non-hydrogen) atoms. The Balaban J connectivity index is 1.16. The van der Waals surface area contributed by atoms with Crippen LogP contribution in [-0.4, -0.2) is 69.8 Å². The fraction of sp³-hybridized carbons (Fsp3) is 0.391. The summed E-state index contributed by atoms with van der Waals surface area (Å²) >= 11 is 5.97. The second kappa shape index (κ2) is 8.97. The van der Waals surface area contributed by atoms with Gasteiger partial charge in [-0.3, -0.25) is 14.7 Å². The number of aromatic nitrogens is 3. The molecule has 0 saturated carbocycles. The molecule has 0 aliphatic carbocycles. The number of carbonyl (C=O) groups is 2. The summed E-state index contributed by atoms with van der Waals surface area (Å²) in [5, 5.41) is 10.7. The second-order valence-corrected chi connectivity index (χ2v) is 9.00. The first-order valence-electron chi connectivity index (χ1n) is 10.9. The number of hydrogen-bond donors (Lipinski definition) is 1. The van der Waals surface area contributed by atoms with Crippen molar-refractivity contribution in [3.63, 3.8) is 0 Å². The van der Waals surface area contributed by atoms with Gasteiger partial charge < -0.3 is 14.5 Å². The van der Waals surface area contributed by atoms with Gasteiger partial charge in [0, 0.05) is 31.7 Å². The molecule has 172 valence electrons. The lowest BCUT2D eigenvalue weighted by atomic mass is 9.92. The number of nitrogens with zero attached hydrogens (tertiary/aromatic N) is 4. The van der Waals surface area contributed by atoms with Crippen molar-refractivity contribution >= 4 is 34.4 Å². The van der Waals surface area contributed by atoms with Crippen molar-refractivity contribution in [3.05, 3.63) is 52.8 Å². The van der Waals surface area contributed by atoms with Crippen molar-refractivity contribution in [3.8, 4) is 5.75 Å². The first-order chi connectivity index (χ1) is 16.0. The van der Waals surface area contributed by atoms with Crippen LogP contribution in [0.3, 0.4) is 0 Å². The van der Waals surface area contributed by atoms with Crippen LogP contribution in [0.15, 0.2) is 36.4 Å². The van der Waals surface area contributed by atoms with Gasteiger partial charge in [-0.15, -0.1) is 5.10 Å². The Morgan fingerprint density at radius 2 is 1.85 bits per heavy atom. The Hall–Kier alpha value is -3.20. The Labute approximate surface area is 194 Å². The molecule has 3 heterocycles. The van der Waals surface area contributed by atoms with E-state index in [1.165, 1.54) is 12.1 Å². The second-order valence-electron chi connectivity index (χ2n) is 8.60. The minimum absolute atomic E-state index is 0.00508. The van der Waals surface area contributed by atoms with Crippen molar-refractivity contribution in [2.45, 2.75) is 12.8 Å². The molecule has 2 fully saturated rings. The molecule has 1 N–H and O–H groups in total. The van der Waals surface area contributed by atoms with Crippen molar-refractivity contribution in [1.82, 2.24) is 25.2 Å². The van der Waals surface area contributed by atoms with E-state index in [1.54, 1.807) is 17.0 Å². The standard InChI is InChI=1S/C23H23ClFN5O3/c24-18-10-17(25)2-4-21(18)33-13-22(31)29-7-5-15-11-30(12-16(15)6-8-29)23(32)14-1-3-19-20(9-14)27-28-26-19/h1-4,9-10,15-16H,5-8,11-13H2,(H,26,27,28)/t15-,16+. The molecule has 2 aromatic carbocycles. The van der Waals surface area contributed by atoms with Crippen molar-refractivity contribution in [2.24, 2.45) is 11.8 Å². The minimum atomic E-state index is -0.455. The highest BCUT2D eigenvalue weighted by molar-refractivity contribution is 6.32. The molecule has 0 unspecified atom stereocenters. The fourth-order valence-electron chi connectivity index (χ4n) is 4.74. The highest BCUT2D eigenvalue weighted by Crippen LogP contribution is 2.33. The maximum atomic E-state index is 13.2. The molecule has 2 atom stereocenters. The zero-order valence-electron chi connectivity index (χ0n) is 17.8. The summed E-state index contributed by atoms with van der Waals surface area (Å²) in [7, 11) is 0. The highest BCUT2D eigenvalue weighted by atomic mass is 35.5. The normalized spacial score (nSPS) is 20.5. The summed E-state index contributed by atoms with van der Waals surface area (Å²) in [5.41, 5.74) is 2.09. The number of carbonyl (C=O) groups excluding carboxylic acids is 2. The molecule has 0 bridgehead atoms. The number of halogens is 2. The molecule has 2 amide bonds. The Morgan fingerprint density at radius 1 is 1.09 bits per heavy atom. The van der Waals surface area contributed by atoms with Gasteiger partial charge in [-0.05, 0) is 61.1 Å². The molecule has 2 saturated heterocycles. The van der Waals surface area contributed by atoms with Crippen LogP contribution in [0.5, 0.6) is 5.75 Å². The number of fused-ring (bicyclic) bond motifs is 2. The van der Waals surface area contributed by atoms with Crippen LogP contribution in [0.1, 0.15) is 23.2 Å². The minimum Gasteiger partial charge on any atom is -0.482 e. The highest BCUT2D eigenvalue weighted by Gasteiger charge is 2.37. The van der Waals surface area contributed by atoms with Crippen molar-refractivity contribution in [2.75, 3.05) is 32.8 Å². The average molecular weight is 472 g/mol. The molecule has 2 aliphatic rings. The van der Waals surface area contributed by atoms with Crippen molar-refractivity contribution < 1.29 is 18.7 Å². The van der Waals surface area contributed by atoms with Gasteiger partial charge in [0.2, 0.25) is 0 Å².